The van der Waals surface area contributed by atoms with Crippen LogP contribution in [-0.2, 0) is 11.8 Å². The number of amides is 1. The molecule has 0 unspecified atom stereocenters. The predicted octanol–water partition coefficient (Wildman–Crippen LogP) is 3.52. The lowest BCUT2D eigenvalue weighted by Crippen LogP contribution is -2.48. The summed E-state index contributed by atoms with van der Waals surface area (Å²) in [5.41, 5.74) is 0.267. The number of fused-ring (bicyclic) bond motifs is 1. The Kier molecular flexibility index (Phi) is 5.32. The minimum absolute atomic E-state index is 0.0740. The highest BCUT2D eigenvalue weighted by atomic mass is 32.1. The Morgan fingerprint density at radius 2 is 2.00 bits per heavy atom. The highest BCUT2D eigenvalue weighted by Gasteiger charge is 2.32. The molecule has 0 atom stereocenters. The summed E-state index contributed by atoms with van der Waals surface area (Å²) in [5, 5.41) is 17.6. The number of carboxylic acids is 1. The lowest BCUT2D eigenvalue weighted by molar-refractivity contribution is -0.138. The van der Waals surface area contributed by atoms with E-state index < -0.39 is 11.5 Å². The second-order valence-corrected chi connectivity index (χ2v) is 7.54. The van der Waals surface area contributed by atoms with Gasteiger partial charge in [0.2, 0.25) is 0 Å². The second kappa shape index (κ2) is 6.93. The third kappa shape index (κ3) is 3.45. The number of carboxylic acid groups (broad SMARTS) is 1. The lowest BCUT2D eigenvalue weighted by atomic mass is 9.89. The minimum Gasteiger partial charge on any atom is -0.481 e. The lowest BCUT2D eigenvalue weighted by Gasteiger charge is -2.31. The van der Waals surface area contributed by atoms with Crippen molar-refractivity contribution in [3.05, 3.63) is 16.6 Å². The fourth-order valence-electron chi connectivity index (χ4n) is 2.92. The summed E-state index contributed by atoms with van der Waals surface area (Å²) in [6, 6.07) is 1.87. The summed E-state index contributed by atoms with van der Waals surface area (Å²) in [7, 11) is 1.87. The van der Waals surface area contributed by atoms with E-state index in [1.54, 1.807) is 4.68 Å². The summed E-state index contributed by atoms with van der Waals surface area (Å²) in [4.78, 5) is 25.4. The van der Waals surface area contributed by atoms with Gasteiger partial charge in [0, 0.05) is 12.4 Å². The number of aliphatic carboxylic acids is 1. The molecule has 0 aliphatic heterocycles. The van der Waals surface area contributed by atoms with Crippen LogP contribution in [0.15, 0.2) is 6.07 Å². The summed E-state index contributed by atoms with van der Waals surface area (Å²) in [5.74, 6) is -0.839. The van der Waals surface area contributed by atoms with E-state index >= 15 is 0 Å². The van der Waals surface area contributed by atoms with Crippen LogP contribution in [0.3, 0.4) is 0 Å². The van der Waals surface area contributed by atoms with Gasteiger partial charge in [-0.15, -0.1) is 11.3 Å². The Morgan fingerprint density at radius 1 is 1.38 bits per heavy atom. The topological polar surface area (TPSA) is 84.2 Å². The number of hydrogen-bond donors (Lipinski definition) is 2. The molecule has 0 saturated carbocycles. The molecule has 0 aliphatic carbocycles. The molecule has 2 heterocycles. The molecule has 1 amide bonds. The largest absolute Gasteiger partial charge is 0.481 e. The maximum atomic E-state index is 12.7. The third-order valence-corrected chi connectivity index (χ3v) is 5.73. The maximum absolute atomic E-state index is 12.7. The van der Waals surface area contributed by atoms with Gasteiger partial charge in [0.05, 0.1) is 22.5 Å². The second-order valence-electron chi connectivity index (χ2n) is 6.51. The van der Waals surface area contributed by atoms with Gasteiger partial charge in [-0.1, -0.05) is 27.7 Å². The smallest absolute Gasteiger partial charge is 0.305 e. The molecule has 0 fully saturated rings. The molecule has 6 nitrogen and oxygen atoms in total. The first-order valence-corrected chi connectivity index (χ1v) is 9.05. The van der Waals surface area contributed by atoms with Gasteiger partial charge >= 0.3 is 5.97 Å². The first kappa shape index (κ1) is 18.4. The van der Waals surface area contributed by atoms with Gasteiger partial charge in [0.1, 0.15) is 4.83 Å². The SMILES string of the molecule is CCC(CC)(CC(=O)O)NC(=O)c1cc2c(C(C)C)nn(C)c2s1. The van der Waals surface area contributed by atoms with E-state index in [0.29, 0.717) is 17.7 Å². The van der Waals surface area contributed by atoms with E-state index in [-0.39, 0.29) is 18.2 Å². The van der Waals surface area contributed by atoms with Crippen molar-refractivity contribution in [3.63, 3.8) is 0 Å². The highest BCUT2D eigenvalue weighted by molar-refractivity contribution is 7.20. The van der Waals surface area contributed by atoms with E-state index in [4.69, 9.17) is 5.11 Å². The van der Waals surface area contributed by atoms with Crippen molar-refractivity contribution in [3.8, 4) is 0 Å². The molecule has 24 heavy (non-hydrogen) atoms. The number of carbonyl (C=O) groups excluding carboxylic acids is 1. The first-order chi connectivity index (χ1) is 11.2. The van der Waals surface area contributed by atoms with Crippen LogP contribution in [0.5, 0.6) is 0 Å². The number of rotatable bonds is 7. The van der Waals surface area contributed by atoms with Gasteiger partial charge in [0.15, 0.2) is 0 Å². The van der Waals surface area contributed by atoms with Crippen LogP contribution < -0.4 is 5.32 Å². The van der Waals surface area contributed by atoms with Crippen LogP contribution in [0.2, 0.25) is 0 Å². The molecule has 0 aromatic carbocycles. The molecule has 132 valence electrons. The van der Waals surface area contributed by atoms with Gasteiger partial charge in [-0.05, 0) is 24.8 Å². The Morgan fingerprint density at radius 3 is 2.50 bits per heavy atom. The van der Waals surface area contributed by atoms with Crippen molar-refractivity contribution >= 4 is 33.4 Å². The third-order valence-electron chi connectivity index (χ3n) is 4.53. The minimum atomic E-state index is -0.901. The molecule has 2 aromatic heterocycles. The van der Waals surface area contributed by atoms with E-state index in [1.165, 1.54) is 11.3 Å². The van der Waals surface area contributed by atoms with Gasteiger partial charge in [-0.2, -0.15) is 5.10 Å². The molecule has 0 aliphatic rings. The standard InChI is InChI=1S/C17H25N3O3S/c1-6-17(7-2,9-13(21)22)18-15(23)12-8-11-14(10(3)4)19-20(5)16(11)24-12/h8,10H,6-7,9H2,1-5H3,(H,18,23)(H,21,22). The van der Waals surface area contributed by atoms with Crippen molar-refractivity contribution < 1.29 is 14.7 Å². The number of hydrogen-bond acceptors (Lipinski definition) is 4. The first-order valence-electron chi connectivity index (χ1n) is 8.23. The van der Waals surface area contributed by atoms with Crippen LogP contribution in [0.4, 0.5) is 0 Å². The quantitative estimate of drug-likeness (QED) is 0.799. The zero-order chi connectivity index (χ0) is 18.1. The molecule has 0 saturated heterocycles. The molecule has 2 rings (SSSR count). The number of nitrogens with one attached hydrogen (secondary N) is 1. The van der Waals surface area contributed by atoms with Crippen LogP contribution in [0.25, 0.3) is 10.2 Å². The maximum Gasteiger partial charge on any atom is 0.305 e. The van der Waals surface area contributed by atoms with Gasteiger partial charge in [0.25, 0.3) is 5.91 Å². The summed E-state index contributed by atoms with van der Waals surface area (Å²) >= 11 is 1.39. The fourth-order valence-corrected chi connectivity index (χ4v) is 3.89. The molecule has 2 N–H and O–H groups in total. The number of nitrogens with zero attached hydrogens (tertiary/aromatic N) is 2. The zero-order valence-electron chi connectivity index (χ0n) is 14.8. The number of aromatic nitrogens is 2. The van der Waals surface area contributed by atoms with Crippen LogP contribution in [0, 0.1) is 0 Å². The molecule has 0 spiro atoms. The van der Waals surface area contributed by atoms with Crippen LogP contribution in [-0.4, -0.2) is 32.3 Å². The van der Waals surface area contributed by atoms with Gasteiger partial charge < -0.3 is 10.4 Å². The molecule has 0 bridgehead atoms. The predicted molar refractivity (Wildman–Crippen MR) is 95.7 cm³/mol. The molecule has 0 radical (unpaired) electrons. The number of aryl methyl sites for hydroxylation is 1. The molecule has 2 aromatic rings. The summed E-state index contributed by atoms with van der Waals surface area (Å²) in [6.45, 7) is 7.95. The summed E-state index contributed by atoms with van der Waals surface area (Å²) in [6.07, 6.45) is 1.08. The highest BCUT2D eigenvalue weighted by Crippen LogP contribution is 2.32. The Balaban J connectivity index is 2.34. The van der Waals surface area contributed by atoms with Crippen LogP contribution in [0.1, 0.15) is 68.2 Å². The fraction of sp³-hybridized carbons (Fsp3) is 0.588. The van der Waals surface area contributed by atoms with E-state index in [0.717, 1.165) is 15.9 Å². The molecule has 7 heteroatoms. The monoisotopic (exact) mass is 351 g/mol. The van der Waals surface area contributed by atoms with Crippen molar-refractivity contribution in [1.82, 2.24) is 15.1 Å². The van der Waals surface area contributed by atoms with Gasteiger partial charge in [-0.3, -0.25) is 14.3 Å². The average Bonchev–Trinajstić information content (AvgIpc) is 3.07. The average molecular weight is 351 g/mol. The number of carbonyl (C=O) groups is 2. The van der Waals surface area contributed by atoms with Crippen molar-refractivity contribution in [2.45, 2.75) is 58.4 Å². The van der Waals surface area contributed by atoms with Crippen LogP contribution >= 0.6 is 11.3 Å². The zero-order valence-corrected chi connectivity index (χ0v) is 15.7. The molecular weight excluding hydrogens is 326 g/mol. The number of thiophene rings is 1. The van der Waals surface area contributed by atoms with Gasteiger partial charge in [-0.25, -0.2) is 0 Å². The Bertz CT molecular complexity index is 757. The van der Waals surface area contributed by atoms with Crippen molar-refractivity contribution in [1.29, 1.82) is 0 Å². The van der Waals surface area contributed by atoms with E-state index in [9.17, 15) is 9.59 Å². The van der Waals surface area contributed by atoms with E-state index in [2.05, 4.69) is 24.3 Å². The molecular formula is C17H25N3O3S. The van der Waals surface area contributed by atoms with E-state index in [1.807, 2.05) is 27.0 Å². The van der Waals surface area contributed by atoms with Crippen molar-refractivity contribution in [2.24, 2.45) is 7.05 Å². The van der Waals surface area contributed by atoms with Crippen molar-refractivity contribution in [2.75, 3.05) is 0 Å². The Hall–Kier alpha value is -1.89. The normalized spacial score (nSPS) is 12.1. The summed E-state index contributed by atoms with van der Waals surface area (Å²) < 4.78 is 1.80. The Labute approximate surface area is 145 Å².